The number of methoxy groups -OCH3 is 1. The molecule has 3 aliphatic heterocycles. The Balaban J connectivity index is 0.000000181. The van der Waals surface area contributed by atoms with E-state index in [1.807, 2.05) is 41.6 Å². The molecule has 81 heavy (non-hydrogen) atoms. The summed E-state index contributed by atoms with van der Waals surface area (Å²) in [5, 5.41) is 23.9. The number of nitro groups is 2. The Morgan fingerprint density at radius 2 is 0.988 bits per heavy atom. The zero-order chi connectivity index (χ0) is 57.7. The minimum absolute atomic E-state index is 0.00519. The highest BCUT2D eigenvalue weighted by Crippen LogP contribution is 2.28. The van der Waals surface area contributed by atoms with E-state index in [0.29, 0.717) is 34.3 Å². The molecular weight excluding hydrogens is 1080 g/mol. The summed E-state index contributed by atoms with van der Waals surface area (Å²) in [5.74, 6) is 1.72. The van der Waals surface area contributed by atoms with Gasteiger partial charge in [-0.05, 0) is 90.7 Å². The lowest BCUT2D eigenvalue weighted by Gasteiger charge is -2.36. The highest BCUT2D eigenvalue weighted by Gasteiger charge is 2.27. The van der Waals surface area contributed by atoms with E-state index in [1.165, 1.54) is 29.4 Å². The molecule has 0 radical (unpaired) electrons. The minimum atomic E-state index is -3.74. The van der Waals surface area contributed by atoms with Crippen molar-refractivity contribution in [3.63, 3.8) is 0 Å². The number of aryl methyl sites for hydroxylation is 2. The number of sulfonamides is 1. The predicted octanol–water partition coefficient (Wildman–Crippen LogP) is 5.28. The van der Waals surface area contributed by atoms with Crippen LogP contribution in [0.15, 0.2) is 128 Å². The van der Waals surface area contributed by atoms with Crippen LogP contribution >= 0.6 is 11.6 Å². The molecule has 0 spiro atoms. The summed E-state index contributed by atoms with van der Waals surface area (Å²) in [7, 11) is -0.701. The Hall–Kier alpha value is -8.66. The molecule has 0 atom stereocenters. The summed E-state index contributed by atoms with van der Waals surface area (Å²) in [6.07, 6.45) is 19.1. The minimum Gasteiger partial charge on any atom is -0.497 e. The van der Waals surface area contributed by atoms with Crippen molar-refractivity contribution in [3.8, 4) is 5.75 Å². The van der Waals surface area contributed by atoms with Crippen molar-refractivity contribution in [3.05, 3.63) is 165 Å². The summed E-state index contributed by atoms with van der Waals surface area (Å²) in [6.45, 7) is 14.5. The number of ether oxygens (including phenoxy) is 1. The molecule has 1 N–H and O–H groups in total. The van der Waals surface area contributed by atoms with Crippen LogP contribution in [0.5, 0.6) is 5.75 Å². The van der Waals surface area contributed by atoms with E-state index in [4.69, 9.17) is 16.3 Å². The largest absolute Gasteiger partial charge is 0.497 e. The standard InChI is InChI=1S/C27H34N6O4S.C13H14N6O2.C9H13N3.C4H2ClN3O2/c1-20-15-25(37-4)16-21(2)26(20)38(35,36)31(3)10-7-24(34)17-22-18-29-27(30-19-22)33-13-11-32(12-14-33)23-5-8-28-9-6-23;20-19(21)12-9-15-13(16-10-12)18-7-5-17(6-8-18)11-1-3-14-4-2-11;1-3-10-4-2-9(1)12-7-5-11-6-8-12;5-4-6-1-3(2-7-4)8(9)10/h5-6,8-9,15-16,18-19H,7,10-14,17H2,1-4H3;1-4,9-10H,5-8H2;1-4,11H,5-8H2;1-2H. The van der Waals surface area contributed by atoms with Gasteiger partial charge in [-0.25, -0.2) is 42.6 Å². The van der Waals surface area contributed by atoms with Crippen LogP contribution in [-0.2, 0) is 21.2 Å². The van der Waals surface area contributed by atoms with E-state index in [0.717, 1.165) is 102 Å². The SMILES string of the molecule is COc1cc(C)c(S(=O)(=O)N(C)CCC(=O)Cc2cnc(N3CCN(c4ccncc4)CC3)nc2)c(C)c1.O=[N+]([O-])c1cnc(Cl)nc1.O=[N+]([O-])c1cnc(N2CCN(c3ccncc3)CC2)nc1.c1cc(N2CCNCC2)ccn1. The van der Waals surface area contributed by atoms with Crippen molar-refractivity contribution >= 4 is 67.7 Å². The third-order valence-electron chi connectivity index (χ3n) is 13.1. The number of halogens is 1. The van der Waals surface area contributed by atoms with Crippen molar-refractivity contribution in [2.45, 2.75) is 31.6 Å². The summed E-state index contributed by atoms with van der Waals surface area (Å²) in [4.78, 5) is 79.5. The zero-order valence-electron chi connectivity index (χ0n) is 45.3. The molecule has 1 aromatic carbocycles. The third-order valence-corrected chi connectivity index (χ3v) is 15.5. The number of ketones is 1. The number of anilines is 5. The second kappa shape index (κ2) is 29.5. The van der Waals surface area contributed by atoms with Gasteiger partial charge in [0.15, 0.2) is 0 Å². The number of aromatic nitrogens is 9. The molecule has 3 saturated heterocycles. The lowest BCUT2D eigenvalue weighted by molar-refractivity contribution is -0.385. The second-order valence-electron chi connectivity index (χ2n) is 18.5. The molecule has 9 heterocycles. The maximum Gasteiger partial charge on any atom is 0.305 e. The van der Waals surface area contributed by atoms with Crippen LogP contribution in [0.25, 0.3) is 0 Å². The van der Waals surface area contributed by atoms with Gasteiger partial charge >= 0.3 is 11.4 Å². The van der Waals surface area contributed by atoms with Crippen LogP contribution in [0.1, 0.15) is 23.1 Å². The van der Waals surface area contributed by atoms with E-state index < -0.39 is 19.9 Å². The first-order valence-corrected chi connectivity index (χ1v) is 27.6. The first kappa shape index (κ1) is 60.0. The molecule has 3 fully saturated rings. The molecule has 26 nitrogen and oxygen atoms in total. The average molecular weight is 1150 g/mol. The number of hydrogen-bond acceptors (Lipinski definition) is 23. The molecule has 0 unspecified atom stereocenters. The topological polar surface area (TPSA) is 294 Å². The highest BCUT2D eigenvalue weighted by molar-refractivity contribution is 7.89. The van der Waals surface area contributed by atoms with Gasteiger partial charge in [-0.3, -0.25) is 40.0 Å². The quantitative estimate of drug-likeness (QED) is 0.0775. The van der Waals surface area contributed by atoms with Crippen LogP contribution < -0.4 is 34.6 Å². The van der Waals surface area contributed by atoms with Gasteiger partial charge in [0.05, 0.1) is 21.9 Å². The van der Waals surface area contributed by atoms with Crippen molar-refractivity contribution in [1.29, 1.82) is 0 Å². The smallest absolute Gasteiger partial charge is 0.305 e. The van der Waals surface area contributed by atoms with Crippen molar-refractivity contribution in [2.24, 2.45) is 0 Å². The van der Waals surface area contributed by atoms with E-state index in [-0.39, 0.29) is 46.7 Å². The van der Waals surface area contributed by atoms with Crippen LogP contribution in [0.3, 0.4) is 0 Å². The molecule has 28 heteroatoms. The molecule has 0 saturated carbocycles. The lowest BCUT2D eigenvalue weighted by Crippen LogP contribution is -2.47. The molecule has 6 aromatic heterocycles. The Morgan fingerprint density at radius 3 is 1.38 bits per heavy atom. The van der Waals surface area contributed by atoms with Crippen LogP contribution in [0.2, 0.25) is 5.28 Å². The van der Waals surface area contributed by atoms with Gasteiger partial charge in [0.25, 0.3) is 0 Å². The number of pyridine rings is 3. The fraction of sp³-hybridized carbons (Fsp3) is 0.358. The van der Waals surface area contributed by atoms with Crippen molar-refractivity contribution in [2.75, 3.05) is 124 Å². The fourth-order valence-corrected chi connectivity index (χ4v) is 10.5. The monoisotopic (exact) mass is 1150 g/mol. The molecule has 0 bridgehead atoms. The summed E-state index contributed by atoms with van der Waals surface area (Å²) >= 11 is 5.27. The van der Waals surface area contributed by atoms with Gasteiger partial charge in [-0.1, -0.05) is 0 Å². The Bertz CT molecular complexity index is 3200. The Labute approximate surface area is 474 Å². The maximum absolute atomic E-state index is 13.2. The number of nitrogens with zero attached hydrogens (tertiary/aromatic N) is 17. The Kier molecular flexibility index (Phi) is 21.9. The normalized spacial score (nSPS) is 14.3. The summed E-state index contributed by atoms with van der Waals surface area (Å²) in [5.41, 5.74) is 5.26. The first-order chi connectivity index (χ1) is 39.1. The second-order valence-corrected chi connectivity index (χ2v) is 20.9. The van der Waals surface area contributed by atoms with Crippen LogP contribution in [0, 0.1) is 34.1 Å². The van der Waals surface area contributed by atoms with E-state index in [2.05, 4.69) is 81.9 Å². The number of carbonyl (C=O) groups is 1. The zero-order valence-corrected chi connectivity index (χ0v) is 46.9. The molecule has 0 amide bonds. The van der Waals surface area contributed by atoms with Gasteiger partial charge in [0.1, 0.15) is 36.3 Å². The Morgan fingerprint density at radius 1 is 0.617 bits per heavy atom. The van der Waals surface area contributed by atoms with Gasteiger partial charge in [-0.2, -0.15) is 0 Å². The van der Waals surface area contributed by atoms with Crippen LogP contribution in [-0.4, -0.2) is 172 Å². The number of Topliss-reactive ketones (excluding diaryl/α,β-unsaturated/α-hetero) is 1. The van der Waals surface area contributed by atoms with E-state index >= 15 is 0 Å². The van der Waals surface area contributed by atoms with Gasteiger partial charge < -0.3 is 34.6 Å². The predicted molar refractivity (Wildman–Crippen MR) is 307 cm³/mol. The van der Waals surface area contributed by atoms with Gasteiger partial charge in [0.2, 0.25) is 27.2 Å². The molecular formula is C53H63ClN18O8S. The van der Waals surface area contributed by atoms with Gasteiger partial charge in [0, 0.05) is 172 Å². The lowest BCUT2D eigenvalue weighted by atomic mass is 10.1. The number of nitrogens with one attached hydrogen (secondary N) is 1. The first-order valence-electron chi connectivity index (χ1n) is 25.8. The molecule has 7 aromatic rings. The number of benzene rings is 1. The molecule has 10 rings (SSSR count). The number of rotatable bonds is 15. The number of piperazine rings is 3. The number of hydrogen-bond donors (Lipinski definition) is 1. The highest BCUT2D eigenvalue weighted by atomic mass is 35.5. The summed E-state index contributed by atoms with van der Waals surface area (Å²) in [6, 6.07) is 15.5. The summed E-state index contributed by atoms with van der Waals surface area (Å²) < 4.78 is 32.8. The molecule has 426 valence electrons. The number of carbonyl (C=O) groups excluding carboxylic acids is 1. The van der Waals surface area contributed by atoms with E-state index in [1.54, 1.807) is 70.3 Å². The van der Waals surface area contributed by atoms with Crippen LogP contribution in [0.4, 0.5) is 40.3 Å². The van der Waals surface area contributed by atoms with Crippen molar-refractivity contribution in [1.82, 2.24) is 54.5 Å². The van der Waals surface area contributed by atoms with E-state index in [9.17, 15) is 33.4 Å². The maximum atomic E-state index is 13.2. The molecule has 0 aliphatic carbocycles. The van der Waals surface area contributed by atoms with Crippen molar-refractivity contribution < 1.29 is 27.8 Å². The average Bonchev–Trinajstić information content (AvgIpc) is 3.51. The fourth-order valence-electron chi connectivity index (χ4n) is 8.80. The third kappa shape index (κ3) is 17.4. The molecule has 3 aliphatic rings. The van der Waals surface area contributed by atoms with Gasteiger partial charge in [-0.15, -0.1) is 0 Å².